The Morgan fingerprint density at radius 2 is 1.75 bits per heavy atom. The van der Waals surface area contributed by atoms with Crippen LogP contribution in [0.3, 0.4) is 0 Å². The fourth-order valence-corrected chi connectivity index (χ4v) is 3.64. The van der Waals surface area contributed by atoms with E-state index in [4.69, 9.17) is 11.6 Å². The average Bonchev–Trinajstić information content (AvgIpc) is 2.89. The molecule has 0 unspecified atom stereocenters. The first-order chi connectivity index (χ1) is 11.5. The molecule has 2 aliphatic rings. The van der Waals surface area contributed by atoms with Crippen molar-refractivity contribution in [2.24, 2.45) is 0 Å². The number of rotatable bonds is 4. The largest absolute Gasteiger partial charge is 0.377 e. The van der Waals surface area contributed by atoms with E-state index in [2.05, 4.69) is 5.32 Å². The summed E-state index contributed by atoms with van der Waals surface area (Å²) in [5.41, 5.74) is 0.399. The van der Waals surface area contributed by atoms with E-state index in [0.29, 0.717) is 23.6 Å². The van der Waals surface area contributed by atoms with Crippen LogP contribution in [0.1, 0.15) is 38.5 Å². The van der Waals surface area contributed by atoms with Gasteiger partial charge in [-0.25, -0.2) is 0 Å². The van der Waals surface area contributed by atoms with E-state index in [9.17, 15) is 19.7 Å². The average molecular weight is 352 g/mol. The summed E-state index contributed by atoms with van der Waals surface area (Å²) in [5, 5.41) is 14.7. The lowest BCUT2D eigenvalue weighted by molar-refractivity contribution is -0.384. The minimum atomic E-state index is -0.457. The number of nitrogens with zero attached hydrogens (tertiary/aromatic N) is 2. The van der Waals surface area contributed by atoms with E-state index in [1.807, 2.05) is 0 Å². The predicted octanol–water partition coefficient (Wildman–Crippen LogP) is 3.12. The SMILES string of the molecule is O=C1CCC(=O)N1C1CCC(Nc2ccc(Cl)cc2[N+](=O)[O-])CC1. The van der Waals surface area contributed by atoms with E-state index in [-0.39, 0.29) is 29.6 Å². The van der Waals surface area contributed by atoms with E-state index >= 15 is 0 Å². The van der Waals surface area contributed by atoms with E-state index in [1.54, 1.807) is 12.1 Å². The van der Waals surface area contributed by atoms with Crippen LogP contribution in [-0.2, 0) is 9.59 Å². The molecule has 7 nitrogen and oxygen atoms in total. The van der Waals surface area contributed by atoms with Crippen molar-refractivity contribution < 1.29 is 14.5 Å². The molecule has 128 valence electrons. The Hall–Kier alpha value is -2.15. The highest BCUT2D eigenvalue weighted by molar-refractivity contribution is 6.30. The van der Waals surface area contributed by atoms with Gasteiger partial charge in [-0.3, -0.25) is 24.6 Å². The van der Waals surface area contributed by atoms with Gasteiger partial charge in [0, 0.05) is 36.0 Å². The fourth-order valence-electron chi connectivity index (χ4n) is 3.48. The molecule has 8 heteroatoms. The van der Waals surface area contributed by atoms with Gasteiger partial charge in [0.25, 0.3) is 5.69 Å². The van der Waals surface area contributed by atoms with Gasteiger partial charge in [0.2, 0.25) is 11.8 Å². The highest BCUT2D eigenvalue weighted by atomic mass is 35.5. The summed E-state index contributed by atoms with van der Waals surface area (Å²) in [4.78, 5) is 35.7. The quantitative estimate of drug-likeness (QED) is 0.511. The molecule has 1 saturated carbocycles. The number of anilines is 1. The maximum Gasteiger partial charge on any atom is 0.293 e. The number of hydrogen-bond donors (Lipinski definition) is 1. The number of nitro groups is 1. The van der Waals surface area contributed by atoms with Gasteiger partial charge in [-0.15, -0.1) is 0 Å². The number of nitro benzene ring substituents is 1. The number of carbonyl (C=O) groups excluding carboxylic acids is 2. The maximum atomic E-state index is 11.8. The molecule has 1 aliphatic heterocycles. The molecule has 1 aromatic carbocycles. The fraction of sp³-hybridized carbons (Fsp3) is 0.500. The number of imide groups is 1. The van der Waals surface area contributed by atoms with Crippen LogP contribution in [0.25, 0.3) is 0 Å². The minimum Gasteiger partial charge on any atom is -0.377 e. The number of nitrogens with one attached hydrogen (secondary N) is 1. The minimum absolute atomic E-state index is 0.0363. The highest BCUT2D eigenvalue weighted by Crippen LogP contribution is 2.32. The van der Waals surface area contributed by atoms with Gasteiger partial charge in [0.05, 0.1) is 4.92 Å². The predicted molar refractivity (Wildman–Crippen MR) is 88.9 cm³/mol. The lowest BCUT2D eigenvalue weighted by Crippen LogP contribution is -2.43. The summed E-state index contributed by atoms with van der Waals surface area (Å²) in [6.07, 6.45) is 3.57. The second-order valence-corrected chi connectivity index (χ2v) is 6.66. The van der Waals surface area contributed by atoms with Crippen molar-refractivity contribution in [3.8, 4) is 0 Å². The Balaban J connectivity index is 1.63. The van der Waals surface area contributed by atoms with Crippen molar-refractivity contribution in [2.75, 3.05) is 5.32 Å². The van der Waals surface area contributed by atoms with Gasteiger partial charge >= 0.3 is 0 Å². The van der Waals surface area contributed by atoms with Gasteiger partial charge in [-0.2, -0.15) is 0 Å². The van der Waals surface area contributed by atoms with E-state index < -0.39 is 4.92 Å². The summed E-state index contributed by atoms with van der Waals surface area (Å²) in [5.74, 6) is -0.158. The van der Waals surface area contributed by atoms with Crippen LogP contribution in [-0.4, -0.2) is 33.7 Å². The molecule has 0 aromatic heterocycles. The summed E-state index contributed by atoms with van der Waals surface area (Å²) < 4.78 is 0. The molecule has 0 spiro atoms. The van der Waals surface area contributed by atoms with Crippen LogP contribution in [0.15, 0.2) is 18.2 Å². The van der Waals surface area contributed by atoms with Crippen molar-refractivity contribution in [1.82, 2.24) is 4.90 Å². The topological polar surface area (TPSA) is 92.6 Å². The van der Waals surface area contributed by atoms with Gasteiger partial charge < -0.3 is 5.32 Å². The molecule has 0 radical (unpaired) electrons. The zero-order valence-corrected chi connectivity index (χ0v) is 13.8. The lowest BCUT2D eigenvalue weighted by Gasteiger charge is -2.34. The molecular weight excluding hydrogens is 334 g/mol. The molecule has 24 heavy (non-hydrogen) atoms. The number of likely N-dealkylation sites (tertiary alicyclic amines) is 1. The zero-order chi connectivity index (χ0) is 17.3. The third-order valence-electron chi connectivity index (χ3n) is 4.67. The van der Waals surface area contributed by atoms with Crippen LogP contribution in [0, 0.1) is 10.1 Å². The van der Waals surface area contributed by atoms with Crippen molar-refractivity contribution in [2.45, 2.75) is 50.6 Å². The number of hydrogen-bond acceptors (Lipinski definition) is 5. The third kappa shape index (κ3) is 3.36. The van der Waals surface area contributed by atoms with Crippen molar-refractivity contribution in [3.63, 3.8) is 0 Å². The summed E-state index contributed by atoms with van der Waals surface area (Å²) in [7, 11) is 0. The number of carbonyl (C=O) groups is 2. The van der Waals surface area contributed by atoms with Crippen LogP contribution in [0.5, 0.6) is 0 Å². The first-order valence-electron chi connectivity index (χ1n) is 8.01. The first kappa shape index (κ1) is 16.7. The van der Waals surface area contributed by atoms with Crippen LogP contribution < -0.4 is 5.32 Å². The summed E-state index contributed by atoms with van der Waals surface area (Å²) >= 11 is 5.82. The second kappa shape index (κ2) is 6.76. The second-order valence-electron chi connectivity index (χ2n) is 6.23. The molecule has 1 heterocycles. The van der Waals surface area contributed by atoms with Crippen molar-refractivity contribution >= 4 is 34.8 Å². The van der Waals surface area contributed by atoms with Gasteiger partial charge in [-0.1, -0.05) is 11.6 Å². The van der Waals surface area contributed by atoms with Crippen LogP contribution in [0.4, 0.5) is 11.4 Å². The molecule has 1 aromatic rings. The number of benzene rings is 1. The molecule has 1 saturated heterocycles. The monoisotopic (exact) mass is 351 g/mol. The van der Waals surface area contributed by atoms with Gasteiger partial charge in [0.1, 0.15) is 5.69 Å². The van der Waals surface area contributed by atoms with Gasteiger partial charge in [0.15, 0.2) is 0 Å². The number of amides is 2. The van der Waals surface area contributed by atoms with E-state index in [0.717, 1.165) is 25.7 Å². The Morgan fingerprint density at radius 3 is 2.33 bits per heavy atom. The number of halogens is 1. The Bertz CT molecular complexity index is 670. The normalized spacial score (nSPS) is 24.3. The Kier molecular flexibility index (Phi) is 4.71. The van der Waals surface area contributed by atoms with Gasteiger partial charge in [-0.05, 0) is 37.8 Å². The molecule has 0 bridgehead atoms. The summed E-state index contributed by atoms with van der Waals surface area (Å²) in [6, 6.07) is 4.60. The van der Waals surface area contributed by atoms with E-state index in [1.165, 1.54) is 11.0 Å². The molecule has 2 amide bonds. The Morgan fingerprint density at radius 1 is 1.12 bits per heavy atom. The zero-order valence-electron chi connectivity index (χ0n) is 13.0. The molecule has 0 atom stereocenters. The highest BCUT2D eigenvalue weighted by Gasteiger charge is 2.37. The summed E-state index contributed by atoms with van der Waals surface area (Å²) in [6.45, 7) is 0. The standard InChI is InChI=1S/C16H18ClN3O4/c17-10-1-6-13(14(9-10)20(23)24)18-11-2-4-12(5-3-11)19-15(21)7-8-16(19)22/h1,6,9,11-12,18H,2-5,7-8H2. The molecule has 1 aliphatic carbocycles. The third-order valence-corrected chi connectivity index (χ3v) is 4.90. The lowest BCUT2D eigenvalue weighted by atomic mass is 9.90. The van der Waals surface area contributed by atoms with Crippen LogP contribution in [0.2, 0.25) is 5.02 Å². The van der Waals surface area contributed by atoms with Crippen molar-refractivity contribution in [1.29, 1.82) is 0 Å². The van der Waals surface area contributed by atoms with Crippen LogP contribution >= 0.6 is 11.6 Å². The molecular formula is C16H18ClN3O4. The first-order valence-corrected chi connectivity index (χ1v) is 8.39. The maximum absolute atomic E-state index is 11.8. The molecule has 1 N–H and O–H groups in total. The Labute approximate surface area is 144 Å². The molecule has 3 rings (SSSR count). The van der Waals surface area contributed by atoms with Crippen molar-refractivity contribution in [3.05, 3.63) is 33.3 Å². The smallest absolute Gasteiger partial charge is 0.293 e. The molecule has 2 fully saturated rings.